The number of amides is 3. The van der Waals surface area contributed by atoms with Gasteiger partial charge in [0.1, 0.15) is 11.6 Å². The minimum atomic E-state index is -0.825. The number of nitriles is 1. The Kier molecular flexibility index (Phi) is 4.79. The first-order valence-corrected chi connectivity index (χ1v) is 10.0. The molecule has 0 unspecified atom stereocenters. The highest BCUT2D eigenvalue weighted by Crippen LogP contribution is 2.45. The van der Waals surface area contributed by atoms with E-state index in [4.69, 9.17) is 11.6 Å². The largest absolute Gasteiger partial charge is 0.332 e. The first kappa shape index (κ1) is 19.4. The highest BCUT2D eigenvalue weighted by molar-refractivity contribution is 6.33. The van der Waals surface area contributed by atoms with Gasteiger partial charge in [-0.25, -0.2) is 9.69 Å². The average molecular weight is 409 g/mol. The molecule has 3 amide bonds. The van der Waals surface area contributed by atoms with Crippen molar-refractivity contribution in [2.45, 2.75) is 51.6 Å². The Bertz CT molecular complexity index is 1040. The lowest BCUT2D eigenvalue weighted by Gasteiger charge is -2.31. The number of pyridine rings is 1. The number of imide groups is 1. The van der Waals surface area contributed by atoms with Crippen molar-refractivity contribution in [3.05, 3.63) is 57.9 Å². The predicted molar refractivity (Wildman–Crippen MR) is 110 cm³/mol. The molecule has 0 bridgehead atoms. The van der Waals surface area contributed by atoms with E-state index in [2.05, 4.69) is 4.98 Å². The fraction of sp³-hybridized carbons (Fsp3) is 0.364. The number of nitrogens with zero attached hydrogens (tertiary/aromatic N) is 4. The third-order valence-electron chi connectivity index (χ3n) is 6.00. The number of carbonyl (C=O) groups is 2. The van der Waals surface area contributed by atoms with Crippen molar-refractivity contribution in [2.24, 2.45) is 0 Å². The van der Waals surface area contributed by atoms with Crippen molar-refractivity contribution in [3.8, 4) is 6.07 Å². The van der Waals surface area contributed by atoms with Crippen molar-refractivity contribution in [3.63, 3.8) is 0 Å². The maximum atomic E-state index is 13.6. The summed E-state index contributed by atoms with van der Waals surface area (Å²) in [5.74, 6) is -0.205. The minimum Gasteiger partial charge on any atom is -0.305 e. The molecule has 0 atom stereocenters. The van der Waals surface area contributed by atoms with Gasteiger partial charge in [-0.05, 0) is 56.0 Å². The van der Waals surface area contributed by atoms with Crippen LogP contribution in [0.1, 0.15) is 48.1 Å². The molecule has 148 valence electrons. The van der Waals surface area contributed by atoms with Crippen molar-refractivity contribution >= 4 is 29.2 Å². The Morgan fingerprint density at radius 1 is 1.17 bits per heavy atom. The van der Waals surface area contributed by atoms with Crippen LogP contribution in [0, 0.1) is 25.2 Å². The van der Waals surface area contributed by atoms with Crippen LogP contribution in [0.4, 0.5) is 10.5 Å². The molecule has 4 rings (SSSR count). The molecule has 0 radical (unpaired) electrons. The number of hydrogen-bond acceptors (Lipinski definition) is 4. The topological polar surface area (TPSA) is 77.3 Å². The summed E-state index contributed by atoms with van der Waals surface area (Å²) < 4.78 is 0. The van der Waals surface area contributed by atoms with Gasteiger partial charge in [-0.3, -0.25) is 9.78 Å². The predicted octanol–water partition coefficient (Wildman–Crippen LogP) is 4.51. The van der Waals surface area contributed by atoms with Crippen LogP contribution >= 0.6 is 11.6 Å². The molecule has 1 spiro atoms. The van der Waals surface area contributed by atoms with E-state index in [1.54, 1.807) is 30.2 Å². The zero-order valence-corrected chi connectivity index (χ0v) is 17.2. The summed E-state index contributed by atoms with van der Waals surface area (Å²) in [5, 5.41) is 9.47. The number of hydrogen-bond donors (Lipinski definition) is 0. The van der Waals surface area contributed by atoms with Crippen LogP contribution in [0.25, 0.3) is 0 Å². The molecule has 1 aromatic carbocycles. The van der Waals surface area contributed by atoms with E-state index in [0.717, 1.165) is 24.1 Å². The number of halogens is 1. The van der Waals surface area contributed by atoms with Crippen LogP contribution < -0.4 is 4.90 Å². The van der Waals surface area contributed by atoms with Gasteiger partial charge in [-0.15, -0.1) is 0 Å². The Morgan fingerprint density at radius 2 is 1.90 bits per heavy atom. The third kappa shape index (κ3) is 2.97. The Morgan fingerprint density at radius 3 is 2.52 bits per heavy atom. The summed E-state index contributed by atoms with van der Waals surface area (Å²) in [6.07, 6.45) is 4.86. The van der Waals surface area contributed by atoms with Crippen LogP contribution in [0.2, 0.25) is 5.02 Å². The van der Waals surface area contributed by atoms with Gasteiger partial charge < -0.3 is 4.90 Å². The van der Waals surface area contributed by atoms with Gasteiger partial charge in [-0.2, -0.15) is 5.26 Å². The van der Waals surface area contributed by atoms with Gasteiger partial charge >= 0.3 is 6.03 Å². The van der Waals surface area contributed by atoms with Crippen LogP contribution in [0.5, 0.6) is 0 Å². The third-order valence-corrected chi connectivity index (χ3v) is 6.49. The Balaban J connectivity index is 1.77. The summed E-state index contributed by atoms with van der Waals surface area (Å²) in [4.78, 5) is 34.3. The normalized spacial score (nSPS) is 18.0. The highest BCUT2D eigenvalue weighted by atomic mass is 35.5. The van der Waals surface area contributed by atoms with Crippen LogP contribution in [0.3, 0.4) is 0 Å². The van der Waals surface area contributed by atoms with Gasteiger partial charge in [-0.1, -0.05) is 30.5 Å². The van der Waals surface area contributed by atoms with Gasteiger partial charge in [0.15, 0.2) is 0 Å². The maximum Gasteiger partial charge on any atom is 0.332 e. The average Bonchev–Trinajstić information content (AvgIpc) is 3.27. The number of aryl methyl sites for hydroxylation is 1. The molecule has 29 heavy (non-hydrogen) atoms. The van der Waals surface area contributed by atoms with E-state index in [9.17, 15) is 14.9 Å². The monoisotopic (exact) mass is 408 g/mol. The number of anilines is 1. The van der Waals surface area contributed by atoms with Gasteiger partial charge in [0.25, 0.3) is 5.91 Å². The molecule has 6 nitrogen and oxygen atoms in total. The molecule has 2 aliphatic rings. The minimum absolute atomic E-state index is 0.205. The first-order chi connectivity index (χ1) is 13.9. The lowest BCUT2D eigenvalue weighted by molar-refractivity contribution is -0.124. The van der Waals surface area contributed by atoms with Crippen molar-refractivity contribution in [1.29, 1.82) is 5.26 Å². The summed E-state index contributed by atoms with van der Waals surface area (Å²) >= 11 is 6.31. The molecule has 1 aromatic heterocycles. The SMILES string of the molecule is Cc1ccc(CN2C(=O)N(c3ccc(C#N)c(Cl)c3C)C(=O)C23CCCC3)cn1. The van der Waals surface area contributed by atoms with Crippen molar-refractivity contribution in [1.82, 2.24) is 9.88 Å². The van der Waals surface area contributed by atoms with Crippen LogP contribution in [-0.2, 0) is 11.3 Å². The molecule has 2 fully saturated rings. The number of rotatable bonds is 3. The van der Waals surface area contributed by atoms with Crippen LogP contribution in [0.15, 0.2) is 30.5 Å². The fourth-order valence-corrected chi connectivity index (χ4v) is 4.57. The number of urea groups is 1. The molecule has 0 N–H and O–H groups in total. The zero-order chi connectivity index (χ0) is 20.8. The molecule has 7 heteroatoms. The van der Waals surface area contributed by atoms with Gasteiger partial charge in [0.2, 0.25) is 0 Å². The number of benzene rings is 1. The fourth-order valence-electron chi connectivity index (χ4n) is 4.37. The number of aromatic nitrogens is 1. The van der Waals surface area contributed by atoms with Gasteiger partial charge in [0, 0.05) is 11.9 Å². The molecular formula is C22H21ClN4O2. The molecule has 1 saturated heterocycles. The van der Waals surface area contributed by atoms with Crippen molar-refractivity contribution < 1.29 is 9.59 Å². The standard InChI is InChI=1S/C22H21ClN4O2/c1-14-5-6-16(12-25-14)13-26-21(29)27(20(28)22(26)9-3-4-10-22)18-8-7-17(11-24)19(23)15(18)2/h5-8,12H,3-4,9-10,13H2,1-2H3. The quantitative estimate of drug-likeness (QED) is 0.700. The zero-order valence-electron chi connectivity index (χ0n) is 16.4. The summed E-state index contributed by atoms with van der Waals surface area (Å²) in [7, 11) is 0. The summed E-state index contributed by atoms with van der Waals surface area (Å²) in [6, 6.07) is 8.72. The lowest BCUT2D eigenvalue weighted by Crippen LogP contribution is -2.47. The van der Waals surface area contributed by atoms with E-state index in [0.29, 0.717) is 36.2 Å². The Hall–Kier alpha value is -2.91. The van der Waals surface area contributed by atoms with E-state index >= 15 is 0 Å². The maximum absolute atomic E-state index is 13.6. The molecule has 2 heterocycles. The Labute approximate surface area is 174 Å². The summed E-state index contributed by atoms with van der Waals surface area (Å²) in [6.45, 7) is 3.97. The molecule has 1 aliphatic heterocycles. The molecule has 1 saturated carbocycles. The van der Waals surface area contributed by atoms with E-state index in [1.165, 1.54) is 4.90 Å². The van der Waals surface area contributed by atoms with E-state index < -0.39 is 5.54 Å². The smallest absolute Gasteiger partial charge is 0.305 e. The van der Waals surface area contributed by atoms with Crippen LogP contribution in [-0.4, -0.2) is 27.4 Å². The highest BCUT2D eigenvalue weighted by Gasteiger charge is 2.58. The second-order valence-electron chi connectivity index (χ2n) is 7.74. The first-order valence-electron chi connectivity index (χ1n) is 9.66. The van der Waals surface area contributed by atoms with E-state index in [-0.39, 0.29) is 17.0 Å². The molecule has 2 aromatic rings. The van der Waals surface area contributed by atoms with E-state index in [1.807, 2.05) is 25.1 Å². The summed E-state index contributed by atoms with van der Waals surface area (Å²) in [5.41, 5.74) is 2.29. The van der Waals surface area contributed by atoms with Crippen molar-refractivity contribution in [2.75, 3.05) is 4.90 Å². The second kappa shape index (κ2) is 7.16. The second-order valence-corrected chi connectivity index (χ2v) is 8.12. The number of carbonyl (C=O) groups excluding carboxylic acids is 2. The van der Waals surface area contributed by atoms with Gasteiger partial charge in [0.05, 0.1) is 22.8 Å². The molecule has 1 aliphatic carbocycles. The molecular weight excluding hydrogens is 388 g/mol. The lowest BCUT2D eigenvalue weighted by atomic mass is 9.95.